The largest absolute Gasteiger partial charge is 1.00 e. The summed E-state index contributed by atoms with van der Waals surface area (Å²) >= 11 is 8.56. The zero-order chi connectivity index (χ0) is 29.6. The molecule has 42 heavy (non-hydrogen) atoms. The molecule has 0 fully saturated rings. The molecule has 4 rings (SSSR count). The fraction of sp³-hybridized carbons (Fsp3) is 0.355. The Labute approximate surface area is 279 Å². The Balaban J connectivity index is 0.00000484. The zero-order valence-corrected chi connectivity index (χ0v) is 30.0. The van der Waals surface area contributed by atoms with E-state index in [0.29, 0.717) is 45.6 Å². The number of rotatable bonds is 13. The Kier molecular flexibility index (Phi) is 12.8. The minimum Gasteiger partial charge on any atom is -1.00 e. The van der Waals surface area contributed by atoms with Gasteiger partial charge in [0.1, 0.15) is 12.1 Å². The number of halogens is 3. The minimum absolute atomic E-state index is 0. The van der Waals surface area contributed by atoms with E-state index in [4.69, 9.17) is 19.2 Å². The number of fused-ring (bicyclic) bond motifs is 1. The fourth-order valence-corrected chi connectivity index (χ4v) is 6.31. The number of ether oxygens (including phenoxy) is 3. The molecule has 226 valence electrons. The highest BCUT2D eigenvalue weighted by atomic mass is 79.9. The van der Waals surface area contributed by atoms with Gasteiger partial charge >= 0.3 is 0 Å². The first kappa shape index (κ1) is 34.4. The maximum Gasteiger partial charge on any atom is 0.262 e. The van der Waals surface area contributed by atoms with E-state index in [2.05, 4.69) is 82.4 Å². The van der Waals surface area contributed by atoms with E-state index in [0.717, 1.165) is 44.9 Å². The second-order valence-electron chi connectivity index (χ2n) is 10.5. The van der Waals surface area contributed by atoms with Crippen molar-refractivity contribution in [1.82, 2.24) is 9.55 Å². The molecule has 0 spiro atoms. The van der Waals surface area contributed by atoms with Gasteiger partial charge in [-0.1, -0.05) is 67.9 Å². The molecule has 0 N–H and O–H groups in total. The molecule has 0 saturated heterocycles. The molecule has 0 aliphatic carbocycles. The first-order chi connectivity index (χ1) is 19.7. The van der Waals surface area contributed by atoms with Crippen LogP contribution in [0.4, 0.5) is 0 Å². The van der Waals surface area contributed by atoms with Gasteiger partial charge in [0.25, 0.3) is 5.56 Å². The van der Waals surface area contributed by atoms with Crippen LogP contribution in [0.15, 0.2) is 73.5 Å². The van der Waals surface area contributed by atoms with Crippen LogP contribution in [0.5, 0.6) is 17.2 Å². The molecular weight excluding hydrogens is 750 g/mol. The van der Waals surface area contributed by atoms with Gasteiger partial charge in [-0.05, 0) is 48.7 Å². The van der Waals surface area contributed by atoms with Gasteiger partial charge in [0, 0.05) is 26.8 Å². The van der Waals surface area contributed by atoms with Crippen LogP contribution in [-0.4, -0.2) is 56.0 Å². The van der Waals surface area contributed by atoms with E-state index in [9.17, 15) is 4.79 Å². The number of methoxy groups -OCH3 is 3. The maximum atomic E-state index is 13.9. The summed E-state index contributed by atoms with van der Waals surface area (Å²) in [5, 5.41) is 1.10. The highest BCUT2D eigenvalue weighted by Crippen LogP contribution is 2.42. The summed E-state index contributed by atoms with van der Waals surface area (Å²) in [5.41, 5.74) is 2.80. The topological polar surface area (TPSA) is 62.6 Å². The molecule has 0 unspecified atom stereocenters. The van der Waals surface area contributed by atoms with Crippen molar-refractivity contribution in [2.75, 3.05) is 42.0 Å². The smallest absolute Gasteiger partial charge is 0.262 e. The zero-order valence-electron chi connectivity index (χ0n) is 24.5. The number of aromatic nitrogens is 2. The van der Waals surface area contributed by atoms with E-state index >= 15 is 0 Å². The van der Waals surface area contributed by atoms with Crippen LogP contribution >= 0.6 is 43.6 Å². The fourth-order valence-electron chi connectivity index (χ4n) is 4.81. The molecule has 0 bridgehead atoms. The number of nitrogens with zero attached hydrogens (tertiary/aromatic N) is 3. The number of hydrogen-bond acceptors (Lipinski definition) is 6. The van der Waals surface area contributed by atoms with Gasteiger partial charge in [0.05, 0.1) is 47.4 Å². The van der Waals surface area contributed by atoms with Gasteiger partial charge in [0.2, 0.25) is 5.75 Å². The third kappa shape index (κ3) is 8.53. The lowest BCUT2D eigenvalue weighted by atomic mass is 10.1. The van der Waals surface area contributed by atoms with Crippen LogP contribution in [0.2, 0.25) is 0 Å². The third-order valence-corrected chi connectivity index (χ3v) is 9.02. The van der Waals surface area contributed by atoms with Crippen LogP contribution in [0.3, 0.4) is 0 Å². The number of hydrogen-bond donors (Lipinski definition) is 0. The van der Waals surface area contributed by atoms with E-state index in [1.54, 1.807) is 43.7 Å². The summed E-state index contributed by atoms with van der Waals surface area (Å²) in [5.74, 6) is 1.92. The minimum atomic E-state index is -0.115. The lowest BCUT2D eigenvalue weighted by Crippen LogP contribution is -3.00. The average molecular weight is 786 g/mol. The van der Waals surface area contributed by atoms with Crippen LogP contribution in [0, 0.1) is 0 Å². The summed E-state index contributed by atoms with van der Waals surface area (Å²) in [6.45, 7) is 2.51. The second kappa shape index (κ2) is 15.6. The number of unbranched alkanes of at least 4 members (excludes halogenated alkanes) is 1. The maximum absolute atomic E-state index is 13.9. The number of thioether (sulfide) groups is 1. The van der Waals surface area contributed by atoms with Crippen molar-refractivity contribution >= 4 is 54.5 Å². The van der Waals surface area contributed by atoms with Crippen molar-refractivity contribution in [2.45, 2.75) is 36.8 Å². The summed E-state index contributed by atoms with van der Waals surface area (Å²) in [4.78, 5) is 18.9. The lowest BCUT2D eigenvalue weighted by Gasteiger charge is -2.30. The first-order valence-electron chi connectivity index (χ1n) is 13.3. The molecule has 0 radical (unpaired) electrons. The SMILES string of the molecule is COc1cc2c(=O)n(CCCC[N+](C)(C)Cc3ccc(Br)cc3)c(SCc3ccc(Br)cc3)nc2c(OC)c1OC.[Br-]. The van der Waals surface area contributed by atoms with Crippen molar-refractivity contribution in [3.05, 3.63) is 85.0 Å². The van der Waals surface area contributed by atoms with Crippen molar-refractivity contribution in [3.63, 3.8) is 0 Å². The average Bonchev–Trinajstić information content (AvgIpc) is 2.96. The van der Waals surface area contributed by atoms with Crippen molar-refractivity contribution in [3.8, 4) is 17.2 Å². The van der Waals surface area contributed by atoms with Crippen LogP contribution in [0.25, 0.3) is 10.9 Å². The monoisotopic (exact) mass is 783 g/mol. The second-order valence-corrected chi connectivity index (χ2v) is 13.2. The highest BCUT2D eigenvalue weighted by molar-refractivity contribution is 9.10. The number of quaternary nitrogens is 1. The number of benzene rings is 3. The van der Waals surface area contributed by atoms with Gasteiger partial charge in [0.15, 0.2) is 16.7 Å². The van der Waals surface area contributed by atoms with Crippen LogP contribution < -0.4 is 36.8 Å². The van der Waals surface area contributed by atoms with Gasteiger partial charge in [-0.3, -0.25) is 9.36 Å². The molecule has 1 aromatic heterocycles. The molecule has 3 aromatic carbocycles. The molecule has 4 aromatic rings. The molecule has 0 atom stereocenters. The highest BCUT2D eigenvalue weighted by Gasteiger charge is 2.22. The van der Waals surface area contributed by atoms with Crippen LogP contribution in [0.1, 0.15) is 24.0 Å². The van der Waals surface area contributed by atoms with E-state index in [1.807, 2.05) is 12.1 Å². The Bertz CT molecular complexity index is 1550. The van der Waals surface area contributed by atoms with E-state index < -0.39 is 0 Å². The lowest BCUT2D eigenvalue weighted by molar-refractivity contribution is -0.903. The first-order valence-corrected chi connectivity index (χ1v) is 15.9. The Morgan fingerprint density at radius 1 is 0.857 bits per heavy atom. The summed E-state index contributed by atoms with van der Waals surface area (Å²) in [7, 11) is 9.14. The van der Waals surface area contributed by atoms with Crippen LogP contribution in [-0.2, 0) is 18.8 Å². The molecular formula is C31H36Br3N3O4S. The Morgan fingerprint density at radius 2 is 1.45 bits per heavy atom. The van der Waals surface area contributed by atoms with Gasteiger partial charge in [-0.15, -0.1) is 0 Å². The van der Waals surface area contributed by atoms with Gasteiger partial charge in [-0.25, -0.2) is 4.98 Å². The summed E-state index contributed by atoms with van der Waals surface area (Å²) in [6.07, 6.45) is 1.82. The standard InChI is InChI=1S/C31H36Br2N3O4S.BrH/c1-36(2,19-21-8-12-23(32)13-9-21)17-7-6-16-35-30(37)25-18-26(38-3)28(39-4)29(40-5)27(25)34-31(35)41-20-22-10-14-24(33)15-11-22;/h8-15,18H,6-7,16-17,19-20H2,1-5H3;1H/q+1;/p-1. The van der Waals surface area contributed by atoms with Crippen molar-refractivity contribution in [2.24, 2.45) is 0 Å². The molecule has 0 saturated carbocycles. The molecule has 0 aliphatic rings. The van der Waals surface area contributed by atoms with Crippen molar-refractivity contribution in [1.29, 1.82) is 0 Å². The van der Waals surface area contributed by atoms with Gasteiger partial charge < -0.3 is 35.7 Å². The van der Waals surface area contributed by atoms with E-state index in [1.165, 1.54) is 5.56 Å². The molecule has 0 amide bonds. The molecule has 1 heterocycles. The molecule has 7 nitrogen and oxygen atoms in total. The summed E-state index contributed by atoms with van der Waals surface area (Å²) < 4.78 is 21.5. The predicted molar refractivity (Wildman–Crippen MR) is 173 cm³/mol. The van der Waals surface area contributed by atoms with Crippen molar-refractivity contribution < 1.29 is 35.7 Å². The quantitative estimate of drug-likeness (QED) is 0.0873. The normalized spacial score (nSPS) is 11.3. The Hall–Kier alpha value is -2.05. The molecule has 11 heteroatoms. The van der Waals surface area contributed by atoms with Gasteiger partial charge in [-0.2, -0.15) is 0 Å². The molecule has 0 aliphatic heterocycles. The van der Waals surface area contributed by atoms with E-state index in [-0.39, 0.29) is 22.5 Å². The predicted octanol–water partition coefficient (Wildman–Crippen LogP) is 4.30. The third-order valence-electron chi connectivity index (χ3n) is 6.92. The summed E-state index contributed by atoms with van der Waals surface area (Å²) in [6, 6.07) is 18.4. The Morgan fingerprint density at radius 3 is 2.02 bits per heavy atom.